The van der Waals surface area contributed by atoms with Crippen LogP contribution in [0.1, 0.15) is 13.3 Å². The molecule has 0 fully saturated rings. The molecule has 3 heteroatoms. The Morgan fingerprint density at radius 2 is 2.46 bits per heavy atom. The molecule has 1 rings (SSSR count). The average molecular weight is 182 g/mol. The molecule has 0 saturated heterocycles. The number of ether oxygens (including phenoxy) is 2. The first-order valence-electron chi connectivity index (χ1n) is 4.37. The minimum Gasteiger partial charge on any atom is -0.500 e. The van der Waals surface area contributed by atoms with Gasteiger partial charge in [-0.3, -0.25) is 4.79 Å². The van der Waals surface area contributed by atoms with Gasteiger partial charge in [0.25, 0.3) is 0 Å². The predicted molar refractivity (Wildman–Crippen MR) is 49.0 cm³/mol. The van der Waals surface area contributed by atoms with E-state index in [0.29, 0.717) is 12.4 Å². The Morgan fingerprint density at radius 3 is 3.08 bits per heavy atom. The van der Waals surface area contributed by atoms with E-state index in [2.05, 4.69) is 0 Å². The molecule has 0 aliphatic heterocycles. The normalized spacial score (nSPS) is 20.8. The third kappa shape index (κ3) is 2.34. The molecule has 0 heterocycles. The van der Waals surface area contributed by atoms with Crippen molar-refractivity contribution in [2.75, 3.05) is 13.7 Å². The first-order valence-corrected chi connectivity index (χ1v) is 4.37. The van der Waals surface area contributed by atoms with Gasteiger partial charge in [-0.2, -0.15) is 0 Å². The number of allylic oxidation sites excluding steroid dienone is 2. The molecule has 0 spiro atoms. The summed E-state index contributed by atoms with van der Waals surface area (Å²) in [6, 6.07) is 0. The number of esters is 1. The molecule has 3 nitrogen and oxygen atoms in total. The van der Waals surface area contributed by atoms with Crippen molar-refractivity contribution in [1.82, 2.24) is 0 Å². The number of methoxy groups -OCH3 is 1. The number of rotatable bonds is 3. The highest BCUT2D eigenvalue weighted by atomic mass is 16.5. The maximum atomic E-state index is 11.4. The third-order valence-electron chi connectivity index (χ3n) is 1.87. The molecule has 1 aliphatic rings. The van der Waals surface area contributed by atoms with Crippen LogP contribution in [0.2, 0.25) is 0 Å². The number of hydrogen-bond acceptors (Lipinski definition) is 3. The van der Waals surface area contributed by atoms with E-state index < -0.39 is 0 Å². The standard InChI is InChI=1S/C10H14O3/c1-3-13-10(11)8-6-4-5-7-9(8)12-2/h4,6-8H,3,5H2,1-2H3. The van der Waals surface area contributed by atoms with Crippen molar-refractivity contribution in [3.63, 3.8) is 0 Å². The maximum absolute atomic E-state index is 11.4. The summed E-state index contributed by atoms with van der Waals surface area (Å²) in [5.41, 5.74) is 0. The van der Waals surface area contributed by atoms with E-state index in [9.17, 15) is 4.79 Å². The molecule has 72 valence electrons. The van der Waals surface area contributed by atoms with Crippen molar-refractivity contribution >= 4 is 5.97 Å². The molecule has 0 N–H and O–H groups in total. The molecule has 0 aromatic heterocycles. The lowest BCUT2D eigenvalue weighted by Gasteiger charge is -2.16. The largest absolute Gasteiger partial charge is 0.500 e. The summed E-state index contributed by atoms with van der Waals surface area (Å²) in [5.74, 6) is 0.0891. The smallest absolute Gasteiger partial charge is 0.320 e. The molecular formula is C10H14O3. The highest BCUT2D eigenvalue weighted by Crippen LogP contribution is 2.20. The first-order chi connectivity index (χ1) is 6.29. The summed E-state index contributed by atoms with van der Waals surface area (Å²) in [5, 5.41) is 0. The molecular weight excluding hydrogens is 168 g/mol. The van der Waals surface area contributed by atoms with E-state index in [1.165, 1.54) is 0 Å². The molecule has 0 aromatic carbocycles. The second-order valence-electron chi connectivity index (χ2n) is 2.70. The fourth-order valence-electron chi connectivity index (χ4n) is 1.26. The van der Waals surface area contributed by atoms with Crippen LogP contribution in [0.25, 0.3) is 0 Å². The van der Waals surface area contributed by atoms with Gasteiger partial charge in [-0.1, -0.05) is 12.2 Å². The van der Waals surface area contributed by atoms with Crippen LogP contribution in [0.15, 0.2) is 24.0 Å². The number of hydrogen-bond donors (Lipinski definition) is 0. The van der Waals surface area contributed by atoms with Crippen molar-refractivity contribution in [2.24, 2.45) is 5.92 Å². The van der Waals surface area contributed by atoms with Gasteiger partial charge in [0, 0.05) is 0 Å². The molecule has 0 bridgehead atoms. The van der Waals surface area contributed by atoms with Crippen LogP contribution < -0.4 is 0 Å². The third-order valence-corrected chi connectivity index (χ3v) is 1.87. The average Bonchev–Trinajstić information content (AvgIpc) is 2.18. The van der Waals surface area contributed by atoms with Crippen LogP contribution in [0.4, 0.5) is 0 Å². The van der Waals surface area contributed by atoms with Gasteiger partial charge in [-0.15, -0.1) is 0 Å². The second kappa shape index (κ2) is 4.70. The molecule has 0 saturated carbocycles. The van der Waals surface area contributed by atoms with E-state index >= 15 is 0 Å². The van der Waals surface area contributed by atoms with Crippen molar-refractivity contribution in [1.29, 1.82) is 0 Å². The summed E-state index contributed by atoms with van der Waals surface area (Å²) in [6.45, 7) is 2.20. The summed E-state index contributed by atoms with van der Waals surface area (Å²) in [4.78, 5) is 11.4. The van der Waals surface area contributed by atoms with Crippen LogP contribution >= 0.6 is 0 Å². The minimum atomic E-state index is -0.348. The SMILES string of the molecule is CCOC(=O)C1C=CCC=C1OC. The lowest BCUT2D eigenvalue weighted by atomic mass is 10.0. The maximum Gasteiger partial charge on any atom is 0.320 e. The summed E-state index contributed by atoms with van der Waals surface area (Å²) in [6.07, 6.45) is 6.46. The number of carbonyl (C=O) groups excluding carboxylic acids is 1. The van der Waals surface area contributed by atoms with Crippen LogP contribution in [0.3, 0.4) is 0 Å². The van der Waals surface area contributed by atoms with Crippen molar-refractivity contribution in [2.45, 2.75) is 13.3 Å². The second-order valence-corrected chi connectivity index (χ2v) is 2.70. The van der Waals surface area contributed by atoms with E-state index in [1.54, 1.807) is 14.0 Å². The van der Waals surface area contributed by atoms with Gasteiger partial charge < -0.3 is 9.47 Å². The molecule has 13 heavy (non-hydrogen) atoms. The van der Waals surface area contributed by atoms with Crippen LogP contribution in [-0.2, 0) is 14.3 Å². The number of carbonyl (C=O) groups is 1. The lowest BCUT2D eigenvalue weighted by molar-refractivity contribution is -0.146. The van der Waals surface area contributed by atoms with Gasteiger partial charge in [-0.25, -0.2) is 0 Å². The van der Waals surface area contributed by atoms with Crippen molar-refractivity contribution < 1.29 is 14.3 Å². The molecule has 1 unspecified atom stereocenters. The highest BCUT2D eigenvalue weighted by Gasteiger charge is 2.23. The van der Waals surface area contributed by atoms with Crippen LogP contribution in [-0.4, -0.2) is 19.7 Å². The zero-order valence-corrected chi connectivity index (χ0v) is 7.95. The lowest BCUT2D eigenvalue weighted by Crippen LogP contribution is -2.20. The van der Waals surface area contributed by atoms with Crippen molar-refractivity contribution in [3.8, 4) is 0 Å². The Kier molecular flexibility index (Phi) is 3.55. The monoisotopic (exact) mass is 182 g/mol. The predicted octanol–water partition coefficient (Wildman–Crippen LogP) is 1.66. The van der Waals surface area contributed by atoms with Crippen molar-refractivity contribution in [3.05, 3.63) is 24.0 Å². The Morgan fingerprint density at radius 1 is 1.69 bits per heavy atom. The fraction of sp³-hybridized carbons (Fsp3) is 0.500. The molecule has 0 radical (unpaired) electrons. The summed E-state index contributed by atoms with van der Waals surface area (Å²) < 4.78 is 9.98. The molecule has 1 aliphatic carbocycles. The quantitative estimate of drug-likeness (QED) is 0.492. The van der Waals surface area contributed by atoms with E-state index in [-0.39, 0.29) is 11.9 Å². The van der Waals surface area contributed by atoms with Gasteiger partial charge in [0.1, 0.15) is 11.7 Å². The van der Waals surface area contributed by atoms with E-state index in [1.807, 2.05) is 18.2 Å². The Labute approximate surface area is 78.0 Å². The first kappa shape index (κ1) is 9.84. The van der Waals surface area contributed by atoms with Gasteiger partial charge in [0.2, 0.25) is 0 Å². The highest BCUT2D eigenvalue weighted by molar-refractivity contribution is 5.77. The molecule has 0 aromatic rings. The van der Waals surface area contributed by atoms with Gasteiger partial charge >= 0.3 is 5.97 Å². The van der Waals surface area contributed by atoms with Gasteiger partial charge in [0.05, 0.1) is 13.7 Å². The summed E-state index contributed by atoms with van der Waals surface area (Å²) in [7, 11) is 1.57. The Hall–Kier alpha value is -1.25. The zero-order chi connectivity index (χ0) is 9.68. The topological polar surface area (TPSA) is 35.5 Å². The van der Waals surface area contributed by atoms with Crippen LogP contribution in [0.5, 0.6) is 0 Å². The van der Waals surface area contributed by atoms with E-state index in [4.69, 9.17) is 9.47 Å². The Balaban J connectivity index is 2.65. The van der Waals surface area contributed by atoms with E-state index in [0.717, 1.165) is 6.42 Å². The van der Waals surface area contributed by atoms with Gasteiger partial charge in [0.15, 0.2) is 0 Å². The minimum absolute atomic E-state index is 0.244. The zero-order valence-electron chi connectivity index (χ0n) is 7.95. The van der Waals surface area contributed by atoms with Crippen LogP contribution in [0, 0.1) is 5.92 Å². The summed E-state index contributed by atoms with van der Waals surface area (Å²) >= 11 is 0. The Bertz CT molecular complexity index is 241. The fourth-order valence-corrected chi connectivity index (χ4v) is 1.26. The van der Waals surface area contributed by atoms with Gasteiger partial charge in [-0.05, 0) is 19.4 Å². The molecule has 1 atom stereocenters. The molecule has 0 amide bonds.